The van der Waals surface area contributed by atoms with Crippen LogP contribution in [0.1, 0.15) is 58.9 Å². The molecular formula is C31H34N8O2. The Bertz CT molecular complexity index is 1710. The third kappa shape index (κ3) is 5.86. The molecule has 2 aromatic carbocycles. The van der Waals surface area contributed by atoms with E-state index in [1.165, 1.54) is 12.4 Å². The van der Waals surface area contributed by atoms with Crippen molar-refractivity contribution in [2.75, 3.05) is 5.73 Å². The molecule has 0 amide bonds. The van der Waals surface area contributed by atoms with Crippen molar-refractivity contribution in [3.63, 3.8) is 0 Å². The Labute approximate surface area is 238 Å². The summed E-state index contributed by atoms with van der Waals surface area (Å²) in [7, 11) is 0. The van der Waals surface area contributed by atoms with Crippen molar-refractivity contribution in [2.45, 2.75) is 58.9 Å². The maximum atomic E-state index is 11.8. The van der Waals surface area contributed by atoms with Crippen molar-refractivity contribution in [1.82, 2.24) is 34.3 Å². The van der Waals surface area contributed by atoms with E-state index in [0.717, 1.165) is 69.6 Å². The number of rotatable bonds is 9. The van der Waals surface area contributed by atoms with Crippen LogP contribution >= 0.6 is 0 Å². The Balaban J connectivity index is 1.74. The van der Waals surface area contributed by atoms with E-state index in [2.05, 4.69) is 58.4 Å². The fourth-order valence-corrected chi connectivity index (χ4v) is 5.07. The van der Waals surface area contributed by atoms with Crippen molar-refractivity contribution >= 4 is 28.5 Å². The van der Waals surface area contributed by atoms with Gasteiger partial charge in [0.15, 0.2) is 0 Å². The van der Waals surface area contributed by atoms with Crippen molar-refractivity contribution in [3.8, 4) is 28.2 Å². The summed E-state index contributed by atoms with van der Waals surface area (Å²) in [4.78, 5) is 29.4. The van der Waals surface area contributed by atoms with Crippen LogP contribution in [-0.2, 0) is 10.3 Å². The molecule has 0 aliphatic heterocycles. The number of allylic oxidation sites excluding steroid dienone is 1. The number of nitrogen functional groups attached to an aromatic ring is 1. The number of fused-ring (bicyclic) bond motifs is 1. The molecule has 10 heteroatoms. The van der Waals surface area contributed by atoms with E-state index in [9.17, 15) is 9.90 Å². The van der Waals surface area contributed by atoms with Crippen LogP contribution in [0.3, 0.4) is 0 Å². The molecule has 0 radical (unpaired) electrons. The number of aromatic nitrogens is 7. The predicted octanol–water partition coefficient (Wildman–Crippen LogP) is 6.13. The zero-order valence-corrected chi connectivity index (χ0v) is 23.7. The molecule has 0 saturated carbocycles. The molecule has 5 aromatic rings. The van der Waals surface area contributed by atoms with Crippen LogP contribution in [0, 0.1) is 0 Å². The van der Waals surface area contributed by atoms with Gasteiger partial charge < -0.3 is 15.4 Å². The summed E-state index contributed by atoms with van der Waals surface area (Å²) >= 11 is 0. The predicted molar refractivity (Wildman–Crippen MR) is 160 cm³/mol. The Kier molecular flexibility index (Phi) is 7.65. The molecule has 0 spiro atoms. The third-order valence-electron chi connectivity index (χ3n) is 6.95. The van der Waals surface area contributed by atoms with E-state index >= 15 is 0 Å². The molecule has 0 aliphatic carbocycles. The second kappa shape index (κ2) is 11.3. The smallest absolute Gasteiger partial charge is 0.328 e. The summed E-state index contributed by atoms with van der Waals surface area (Å²) in [5.74, 6) is 0.00829. The first-order chi connectivity index (χ1) is 19.7. The van der Waals surface area contributed by atoms with Crippen molar-refractivity contribution < 1.29 is 9.90 Å². The molecular weight excluding hydrogens is 516 g/mol. The van der Waals surface area contributed by atoms with Gasteiger partial charge >= 0.3 is 5.97 Å². The fourth-order valence-electron chi connectivity index (χ4n) is 5.07. The minimum atomic E-state index is -0.959. The van der Waals surface area contributed by atoms with Crippen LogP contribution in [0.2, 0.25) is 0 Å². The average Bonchev–Trinajstić information content (AvgIpc) is 3.60. The molecule has 41 heavy (non-hydrogen) atoms. The molecule has 0 fully saturated rings. The van der Waals surface area contributed by atoms with Gasteiger partial charge in [-0.15, -0.1) is 0 Å². The topological polar surface area (TPSA) is 138 Å². The summed E-state index contributed by atoms with van der Waals surface area (Å²) < 4.78 is 3.92. The lowest BCUT2D eigenvalue weighted by Crippen LogP contribution is -2.23. The summed E-state index contributed by atoms with van der Waals surface area (Å²) in [5, 5.41) is 14.0. The minimum absolute atomic E-state index is 0.223. The summed E-state index contributed by atoms with van der Waals surface area (Å²) in [6, 6.07) is 12.0. The van der Waals surface area contributed by atoms with Crippen molar-refractivity contribution in [3.05, 3.63) is 73.1 Å². The summed E-state index contributed by atoms with van der Waals surface area (Å²) in [5.41, 5.74) is 12.1. The number of carbonyl (C=O) groups is 1. The van der Waals surface area contributed by atoms with Gasteiger partial charge in [0, 0.05) is 35.1 Å². The lowest BCUT2D eigenvalue weighted by molar-refractivity contribution is -0.131. The van der Waals surface area contributed by atoms with E-state index in [1.54, 1.807) is 23.4 Å². The lowest BCUT2D eigenvalue weighted by atomic mass is 9.96. The second-order valence-electron chi connectivity index (χ2n) is 11.0. The van der Waals surface area contributed by atoms with Gasteiger partial charge in [-0.1, -0.05) is 31.9 Å². The molecule has 0 atom stereocenters. The van der Waals surface area contributed by atoms with Crippen LogP contribution in [0.15, 0.2) is 67.5 Å². The highest BCUT2D eigenvalue weighted by Crippen LogP contribution is 2.37. The average molecular weight is 551 g/mol. The quantitative estimate of drug-likeness (QED) is 0.165. The molecule has 0 saturated heterocycles. The van der Waals surface area contributed by atoms with Crippen LogP contribution in [0.25, 0.3) is 44.8 Å². The van der Waals surface area contributed by atoms with E-state index in [0.29, 0.717) is 6.42 Å². The van der Waals surface area contributed by atoms with Crippen LogP contribution in [0.4, 0.5) is 5.95 Å². The molecule has 0 bridgehead atoms. The maximum absolute atomic E-state index is 11.8. The van der Waals surface area contributed by atoms with Gasteiger partial charge in [-0.2, -0.15) is 5.10 Å². The molecule has 5 rings (SSSR count). The lowest BCUT2D eigenvalue weighted by Gasteiger charge is -2.26. The molecule has 3 heterocycles. The number of carboxylic acids is 1. The largest absolute Gasteiger partial charge is 0.478 e. The first kappa shape index (κ1) is 27.7. The number of nitrogens with two attached hydrogens (primary N) is 1. The second-order valence-corrected chi connectivity index (χ2v) is 11.0. The standard InChI is InChI=1S/C31H34N8O2/c1-5-6-7-8-20(15-28(40)41)21-9-11-26(38-19-33-18-36-38)24(13-21)29-37-25-14-22(23-16-34-30(32)35-17-23)10-12-27(25)39(29)31(2,3)4/h9-19H,5-8H2,1-4H3,(H,40,41)(H2,32,34,35). The molecule has 210 valence electrons. The Hall–Kier alpha value is -4.86. The van der Waals surface area contributed by atoms with Crippen molar-refractivity contribution in [1.29, 1.82) is 0 Å². The van der Waals surface area contributed by atoms with Gasteiger partial charge in [-0.25, -0.2) is 29.4 Å². The first-order valence-corrected chi connectivity index (χ1v) is 13.7. The normalized spacial score (nSPS) is 12.2. The van der Waals surface area contributed by atoms with Gasteiger partial charge in [0.1, 0.15) is 18.5 Å². The number of carboxylic acid groups (broad SMARTS) is 1. The highest BCUT2D eigenvalue weighted by atomic mass is 16.4. The number of aliphatic carboxylic acids is 1. The van der Waals surface area contributed by atoms with E-state index < -0.39 is 5.97 Å². The van der Waals surface area contributed by atoms with Crippen LogP contribution < -0.4 is 5.73 Å². The number of hydrogen-bond acceptors (Lipinski definition) is 7. The molecule has 0 aliphatic rings. The highest BCUT2D eigenvalue weighted by molar-refractivity contribution is 5.92. The first-order valence-electron chi connectivity index (χ1n) is 13.7. The number of nitrogens with zero attached hydrogens (tertiary/aromatic N) is 7. The Morgan fingerprint density at radius 2 is 1.83 bits per heavy atom. The fraction of sp³-hybridized carbons (Fsp3) is 0.290. The maximum Gasteiger partial charge on any atom is 0.328 e. The molecule has 10 nitrogen and oxygen atoms in total. The van der Waals surface area contributed by atoms with Gasteiger partial charge in [-0.05, 0) is 74.6 Å². The Morgan fingerprint density at radius 3 is 2.49 bits per heavy atom. The Morgan fingerprint density at radius 1 is 1.05 bits per heavy atom. The number of benzene rings is 2. The minimum Gasteiger partial charge on any atom is -0.478 e. The van der Waals surface area contributed by atoms with Gasteiger partial charge in [0.05, 0.1) is 16.7 Å². The monoisotopic (exact) mass is 550 g/mol. The number of unbranched alkanes of at least 4 members (excludes halogenated alkanes) is 2. The highest BCUT2D eigenvalue weighted by Gasteiger charge is 2.25. The summed E-state index contributed by atoms with van der Waals surface area (Å²) in [6.45, 7) is 8.55. The van der Waals surface area contributed by atoms with Gasteiger partial charge in [0.25, 0.3) is 0 Å². The molecule has 0 unspecified atom stereocenters. The molecule has 3 N–H and O–H groups in total. The van der Waals surface area contributed by atoms with E-state index in [4.69, 9.17) is 10.7 Å². The van der Waals surface area contributed by atoms with Crippen molar-refractivity contribution in [2.24, 2.45) is 0 Å². The van der Waals surface area contributed by atoms with E-state index in [1.807, 2.05) is 30.3 Å². The zero-order valence-electron chi connectivity index (χ0n) is 23.7. The van der Waals surface area contributed by atoms with Gasteiger partial charge in [-0.3, -0.25) is 0 Å². The van der Waals surface area contributed by atoms with Crippen LogP contribution in [0.5, 0.6) is 0 Å². The number of anilines is 1. The zero-order chi connectivity index (χ0) is 29.1. The van der Waals surface area contributed by atoms with Crippen LogP contribution in [-0.4, -0.2) is 45.4 Å². The van der Waals surface area contributed by atoms with Gasteiger partial charge in [0.2, 0.25) is 5.95 Å². The SMILES string of the molecule is CCCCCC(=CC(=O)O)c1ccc(-n2cncn2)c(-c2nc3cc(-c4cnc(N)nc4)ccc3n2C(C)(C)C)c1. The van der Waals surface area contributed by atoms with E-state index in [-0.39, 0.29) is 11.5 Å². The number of hydrogen-bond donors (Lipinski definition) is 2. The molecule has 3 aromatic heterocycles. The number of imidazole rings is 1. The third-order valence-corrected chi connectivity index (χ3v) is 6.95. The summed E-state index contributed by atoms with van der Waals surface area (Å²) in [6.07, 6.45) is 11.5.